The normalized spacial score (nSPS) is 15.3. The number of alkyl halides is 3. The van der Waals surface area contributed by atoms with Gasteiger partial charge in [0.05, 0.1) is 18.7 Å². The highest BCUT2D eigenvalue weighted by molar-refractivity contribution is 5.76. The van der Waals surface area contributed by atoms with E-state index in [0.717, 1.165) is 18.3 Å². The molecule has 0 radical (unpaired) electrons. The van der Waals surface area contributed by atoms with Gasteiger partial charge in [-0.05, 0) is 12.1 Å². The average molecular weight is 326 g/mol. The number of hydrogen-bond acceptors (Lipinski definition) is 4. The predicted octanol–water partition coefficient (Wildman–Crippen LogP) is 1.59. The Hall–Kier alpha value is -2.58. The molecule has 3 rings (SSSR count). The fourth-order valence-electron chi connectivity index (χ4n) is 2.17. The molecule has 1 aliphatic rings. The summed E-state index contributed by atoms with van der Waals surface area (Å²) in [5, 5.41) is 3.94. The summed E-state index contributed by atoms with van der Waals surface area (Å²) in [6, 6.07) is 3.45. The first kappa shape index (κ1) is 15.3. The molecular formula is C14H13F3N4O2. The molecule has 0 unspecified atom stereocenters. The fraction of sp³-hybridized carbons (Fsp3) is 0.357. The summed E-state index contributed by atoms with van der Waals surface area (Å²) in [6.45, 7) is 0.761. The monoisotopic (exact) mass is 326 g/mol. The SMILES string of the molecule is O=C(Cn1cccn1)N1CC(Oc2cc(C(F)(F)F)ccn2)C1. The minimum Gasteiger partial charge on any atom is -0.471 e. The number of nitrogens with zero attached hydrogens (tertiary/aromatic N) is 4. The smallest absolute Gasteiger partial charge is 0.416 e. The van der Waals surface area contributed by atoms with Crippen LogP contribution in [0.25, 0.3) is 0 Å². The Morgan fingerprint density at radius 3 is 2.78 bits per heavy atom. The molecule has 2 aromatic heterocycles. The first-order valence-electron chi connectivity index (χ1n) is 6.87. The van der Waals surface area contributed by atoms with Crippen molar-refractivity contribution in [2.45, 2.75) is 18.8 Å². The van der Waals surface area contributed by atoms with Gasteiger partial charge < -0.3 is 9.64 Å². The van der Waals surface area contributed by atoms with Gasteiger partial charge >= 0.3 is 6.18 Å². The van der Waals surface area contributed by atoms with Crippen LogP contribution in [0.15, 0.2) is 36.8 Å². The van der Waals surface area contributed by atoms with Crippen molar-refractivity contribution in [1.82, 2.24) is 19.7 Å². The maximum absolute atomic E-state index is 12.6. The fourth-order valence-corrected chi connectivity index (χ4v) is 2.17. The molecule has 2 aromatic rings. The molecule has 23 heavy (non-hydrogen) atoms. The molecule has 1 amide bonds. The second kappa shape index (κ2) is 5.90. The molecule has 0 aromatic carbocycles. The second-order valence-electron chi connectivity index (χ2n) is 5.12. The van der Waals surface area contributed by atoms with Crippen molar-refractivity contribution >= 4 is 5.91 Å². The zero-order chi connectivity index (χ0) is 16.4. The molecular weight excluding hydrogens is 313 g/mol. The maximum Gasteiger partial charge on any atom is 0.416 e. The van der Waals surface area contributed by atoms with Crippen LogP contribution in [0.4, 0.5) is 13.2 Å². The van der Waals surface area contributed by atoms with Gasteiger partial charge in [-0.2, -0.15) is 18.3 Å². The van der Waals surface area contributed by atoms with Crippen LogP contribution in [0, 0.1) is 0 Å². The van der Waals surface area contributed by atoms with E-state index in [1.807, 2.05) is 0 Å². The third-order valence-corrected chi connectivity index (χ3v) is 3.41. The lowest BCUT2D eigenvalue weighted by Gasteiger charge is -2.38. The summed E-state index contributed by atoms with van der Waals surface area (Å²) in [4.78, 5) is 17.2. The van der Waals surface area contributed by atoms with Crippen molar-refractivity contribution in [2.75, 3.05) is 13.1 Å². The number of aromatic nitrogens is 3. The van der Waals surface area contributed by atoms with E-state index >= 15 is 0 Å². The molecule has 6 nitrogen and oxygen atoms in total. The van der Waals surface area contributed by atoms with Crippen LogP contribution in [0.5, 0.6) is 5.88 Å². The first-order chi connectivity index (χ1) is 10.9. The van der Waals surface area contributed by atoms with Crippen LogP contribution in [-0.2, 0) is 17.5 Å². The lowest BCUT2D eigenvalue weighted by molar-refractivity contribution is -0.141. The standard InChI is InChI=1S/C14H13F3N4O2/c15-14(16,17)10-2-4-18-12(6-10)23-11-7-20(8-11)13(22)9-21-5-1-3-19-21/h1-6,11H,7-9H2. The van der Waals surface area contributed by atoms with Crippen molar-refractivity contribution in [2.24, 2.45) is 0 Å². The predicted molar refractivity (Wildman–Crippen MR) is 72.5 cm³/mol. The molecule has 122 valence electrons. The molecule has 0 aliphatic carbocycles. The zero-order valence-electron chi connectivity index (χ0n) is 11.9. The Morgan fingerprint density at radius 1 is 1.35 bits per heavy atom. The third kappa shape index (κ3) is 3.61. The summed E-state index contributed by atoms with van der Waals surface area (Å²) in [5.41, 5.74) is -0.812. The van der Waals surface area contributed by atoms with Crippen LogP contribution in [0.2, 0.25) is 0 Å². The zero-order valence-corrected chi connectivity index (χ0v) is 11.9. The maximum atomic E-state index is 12.6. The van der Waals surface area contributed by atoms with Gasteiger partial charge in [-0.1, -0.05) is 0 Å². The van der Waals surface area contributed by atoms with E-state index in [1.54, 1.807) is 23.4 Å². The Bertz CT molecular complexity index is 682. The number of hydrogen-bond donors (Lipinski definition) is 0. The van der Waals surface area contributed by atoms with Gasteiger partial charge in [0.2, 0.25) is 11.8 Å². The van der Waals surface area contributed by atoms with Gasteiger partial charge in [0.1, 0.15) is 12.6 Å². The lowest BCUT2D eigenvalue weighted by atomic mass is 10.1. The molecule has 9 heteroatoms. The average Bonchev–Trinajstić information content (AvgIpc) is 2.94. The molecule has 1 saturated heterocycles. The summed E-state index contributed by atoms with van der Waals surface area (Å²) in [6.07, 6.45) is -0.482. The number of halogens is 3. The molecule has 0 N–H and O–H groups in total. The highest BCUT2D eigenvalue weighted by Crippen LogP contribution is 2.30. The van der Waals surface area contributed by atoms with Crippen molar-refractivity contribution in [3.63, 3.8) is 0 Å². The van der Waals surface area contributed by atoms with Crippen LogP contribution in [0.3, 0.4) is 0 Å². The van der Waals surface area contributed by atoms with Crippen molar-refractivity contribution in [3.8, 4) is 5.88 Å². The number of amides is 1. The molecule has 3 heterocycles. The number of carbonyl (C=O) groups is 1. The quantitative estimate of drug-likeness (QED) is 0.856. The van der Waals surface area contributed by atoms with E-state index in [4.69, 9.17) is 4.74 Å². The summed E-state index contributed by atoms with van der Waals surface area (Å²) >= 11 is 0. The molecule has 0 bridgehead atoms. The molecule has 1 aliphatic heterocycles. The molecule has 0 atom stereocenters. The first-order valence-corrected chi connectivity index (χ1v) is 6.87. The second-order valence-corrected chi connectivity index (χ2v) is 5.12. The lowest BCUT2D eigenvalue weighted by Crippen LogP contribution is -2.57. The topological polar surface area (TPSA) is 60.2 Å². The minimum absolute atomic E-state index is 0.0935. The van der Waals surface area contributed by atoms with Crippen LogP contribution in [0.1, 0.15) is 5.56 Å². The number of ether oxygens (including phenoxy) is 1. The molecule has 1 fully saturated rings. The van der Waals surface area contributed by atoms with Crippen molar-refractivity contribution in [3.05, 3.63) is 42.4 Å². The van der Waals surface area contributed by atoms with Gasteiger partial charge in [0, 0.05) is 24.7 Å². The van der Waals surface area contributed by atoms with Crippen LogP contribution >= 0.6 is 0 Å². The van der Waals surface area contributed by atoms with E-state index < -0.39 is 11.7 Å². The van der Waals surface area contributed by atoms with Gasteiger partial charge in [-0.15, -0.1) is 0 Å². The number of likely N-dealkylation sites (tertiary alicyclic amines) is 1. The van der Waals surface area contributed by atoms with Gasteiger partial charge in [-0.3, -0.25) is 9.48 Å². The van der Waals surface area contributed by atoms with E-state index in [0.29, 0.717) is 13.1 Å². The number of pyridine rings is 1. The summed E-state index contributed by atoms with van der Waals surface area (Å²) in [5.74, 6) is -0.213. The Morgan fingerprint density at radius 2 is 2.13 bits per heavy atom. The summed E-state index contributed by atoms with van der Waals surface area (Å²) < 4.78 is 44.7. The number of rotatable bonds is 4. The Kier molecular flexibility index (Phi) is 3.93. The van der Waals surface area contributed by atoms with E-state index in [1.165, 1.54) is 4.68 Å². The van der Waals surface area contributed by atoms with Gasteiger partial charge in [0.15, 0.2) is 0 Å². The Labute approximate surface area is 129 Å². The highest BCUT2D eigenvalue weighted by Gasteiger charge is 2.34. The van der Waals surface area contributed by atoms with Crippen molar-refractivity contribution < 1.29 is 22.7 Å². The van der Waals surface area contributed by atoms with E-state index in [-0.39, 0.29) is 24.4 Å². The van der Waals surface area contributed by atoms with Crippen LogP contribution in [-0.4, -0.2) is 44.8 Å². The summed E-state index contributed by atoms with van der Waals surface area (Å²) in [7, 11) is 0. The van der Waals surface area contributed by atoms with Gasteiger partial charge in [-0.25, -0.2) is 4.98 Å². The van der Waals surface area contributed by atoms with E-state index in [9.17, 15) is 18.0 Å². The van der Waals surface area contributed by atoms with Crippen LogP contribution < -0.4 is 4.74 Å². The Balaban J connectivity index is 1.51. The minimum atomic E-state index is -4.44. The largest absolute Gasteiger partial charge is 0.471 e. The third-order valence-electron chi connectivity index (χ3n) is 3.41. The number of carbonyl (C=O) groups excluding carboxylic acids is 1. The van der Waals surface area contributed by atoms with E-state index in [2.05, 4.69) is 10.1 Å². The van der Waals surface area contributed by atoms with Crippen molar-refractivity contribution in [1.29, 1.82) is 0 Å². The molecule has 0 spiro atoms. The highest BCUT2D eigenvalue weighted by atomic mass is 19.4. The van der Waals surface area contributed by atoms with Gasteiger partial charge in [0.25, 0.3) is 0 Å². The molecule has 0 saturated carbocycles.